The van der Waals surface area contributed by atoms with E-state index < -0.39 is 5.97 Å². The van der Waals surface area contributed by atoms with Crippen molar-refractivity contribution >= 4 is 11.9 Å². The van der Waals surface area contributed by atoms with Crippen molar-refractivity contribution in [3.63, 3.8) is 0 Å². The number of carboxylic acid groups (broad SMARTS) is 1. The van der Waals surface area contributed by atoms with Crippen LogP contribution in [0.5, 0.6) is 0 Å². The number of aliphatic carboxylic acids is 1. The van der Waals surface area contributed by atoms with Gasteiger partial charge >= 0.3 is 0 Å². The van der Waals surface area contributed by atoms with E-state index in [-0.39, 0.29) is 18.7 Å². The first kappa shape index (κ1) is 18.4. The second kappa shape index (κ2) is 8.31. The summed E-state index contributed by atoms with van der Waals surface area (Å²) in [7, 11) is 1.66. The topological polar surface area (TPSA) is 78.3 Å². The average Bonchev–Trinajstić information content (AvgIpc) is 3.11. The van der Waals surface area contributed by atoms with Gasteiger partial charge in [-0.1, -0.05) is 48.5 Å². The molecule has 0 atom stereocenters. The number of nitrogens with zero attached hydrogens (tertiary/aromatic N) is 3. The number of carbonyl (C=O) groups is 2. The molecule has 0 aliphatic heterocycles. The van der Waals surface area contributed by atoms with Crippen molar-refractivity contribution < 1.29 is 14.7 Å². The number of hydrogen-bond donors (Lipinski definition) is 0. The number of para-hydroxylation sites is 1. The maximum atomic E-state index is 12.2. The second-order valence-corrected chi connectivity index (χ2v) is 6.27. The fourth-order valence-corrected chi connectivity index (χ4v) is 2.82. The zero-order valence-electron chi connectivity index (χ0n) is 15.0. The number of carboxylic acids is 1. The predicted molar refractivity (Wildman–Crippen MR) is 99.7 cm³/mol. The highest BCUT2D eigenvalue weighted by atomic mass is 16.4. The third kappa shape index (κ3) is 4.61. The van der Waals surface area contributed by atoms with E-state index in [2.05, 4.69) is 0 Å². The Balaban J connectivity index is 1.90. The Labute approximate surface area is 157 Å². The molecule has 0 N–H and O–H groups in total. The van der Waals surface area contributed by atoms with Gasteiger partial charge in [-0.05, 0) is 18.6 Å². The van der Waals surface area contributed by atoms with Crippen LogP contribution in [0.1, 0.15) is 18.4 Å². The van der Waals surface area contributed by atoms with Crippen molar-refractivity contribution in [1.29, 1.82) is 0 Å². The van der Waals surface area contributed by atoms with Crippen molar-refractivity contribution in [3.05, 3.63) is 72.4 Å². The summed E-state index contributed by atoms with van der Waals surface area (Å²) in [6.07, 6.45) is 1.55. The van der Waals surface area contributed by atoms with E-state index in [0.717, 1.165) is 22.5 Å². The number of amides is 1. The molecule has 27 heavy (non-hydrogen) atoms. The van der Waals surface area contributed by atoms with Crippen molar-refractivity contribution in [2.24, 2.45) is 0 Å². The Morgan fingerprint density at radius 1 is 1.00 bits per heavy atom. The first-order valence-electron chi connectivity index (χ1n) is 8.68. The molecule has 0 aliphatic rings. The molecule has 0 saturated heterocycles. The number of carbonyl (C=O) groups excluding carboxylic acids is 2. The minimum atomic E-state index is -1.22. The fraction of sp³-hybridized carbons (Fsp3) is 0.190. The predicted octanol–water partition coefficient (Wildman–Crippen LogP) is 2.03. The molecule has 6 nitrogen and oxygen atoms in total. The number of aromatic nitrogens is 2. The van der Waals surface area contributed by atoms with Gasteiger partial charge in [-0.25, -0.2) is 4.68 Å². The van der Waals surface area contributed by atoms with Crippen LogP contribution in [0.15, 0.2) is 66.9 Å². The van der Waals surface area contributed by atoms with Crippen LogP contribution in [-0.4, -0.2) is 33.6 Å². The van der Waals surface area contributed by atoms with Crippen LogP contribution in [-0.2, 0) is 16.1 Å². The second-order valence-electron chi connectivity index (χ2n) is 6.27. The van der Waals surface area contributed by atoms with E-state index in [0.29, 0.717) is 6.54 Å². The van der Waals surface area contributed by atoms with Gasteiger partial charge in [0.25, 0.3) is 0 Å². The number of benzene rings is 2. The summed E-state index contributed by atoms with van der Waals surface area (Å²) < 4.78 is 1.79. The van der Waals surface area contributed by atoms with E-state index in [1.54, 1.807) is 11.7 Å². The molecule has 0 unspecified atom stereocenters. The maximum absolute atomic E-state index is 12.2. The molecule has 138 valence electrons. The van der Waals surface area contributed by atoms with Crippen LogP contribution in [0.4, 0.5) is 0 Å². The van der Waals surface area contributed by atoms with Crippen molar-refractivity contribution in [2.75, 3.05) is 7.05 Å². The Bertz CT molecular complexity index is 920. The van der Waals surface area contributed by atoms with Crippen molar-refractivity contribution in [1.82, 2.24) is 14.7 Å². The molecular formula is C21H20N3O3-. The Hall–Kier alpha value is -3.41. The first-order chi connectivity index (χ1) is 13.0. The fourth-order valence-electron chi connectivity index (χ4n) is 2.82. The van der Waals surface area contributed by atoms with Gasteiger partial charge in [0.15, 0.2) is 0 Å². The summed E-state index contributed by atoms with van der Waals surface area (Å²) in [6, 6.07) is 19.5. The Morgan fingerprint density at radius 3 is 2.26 bits per heavy atom. The minimum absolute atomic E-state index is 0.0771. The van der Waals surface area contributed by atoms with Gasteiger partial charge in [0.05, 0.1) is 11.4 Å². The van der Waals surface area contributed by atoms with Crippen LogP contribution in [0.25, 0.3) is 16.9 Å². The van der Waals surface area contributed by atoms with Crippen LogP contribution >= 0.6 is 0 Å². The normalized spacial score (nSPS) is 10.6. The molecule has 0 spiro atoms. The maximum Gasteiger partial charge on any atom is 0.222 e. The van der Waals surface area contributed by atoms with E-state index in [9.17, 15) is 14.7 Å². The number of rotatable bonds is 7. The lowest BCUT2D eigenvalue weighted by Gasteiger charge is -2.17. The molecule has 0 aliphatic carbocycles. The molecule has 0 saturated carbocycles. The summed E-state index contributed by atoms with van der Waals surface area (Å²) in [6.45, 7) is 0.336. The van der Waals surface area contributed by atoms with Crippen molar-refractivity contribution in [3.8, 4) is 16.9 Å². The minimum Gasteiger partial charge on any atom is -0.550 e. The molecule has 6 heteroatoms. The quantitative estimate of drug-likeness (QED) is 0.644. The summed E-state index contributed by atoms with van der Waals surface area (Å²) in [5.74, 6) is -1.47. The van der Waals surface area contributed by atoms with Gasteiger partial charge in [0, 0.05) is 43.3 Å². The lowest BCUT2D eigenvalue weighted by atomic mass is 10.1. The summed E-state index contributed by atoms with van der Waals surface area (Å²) in [5.41, 5.74) is 3.55. The van der Waals surface area contributed by atoms with Gasteiger partial charge in [0.2, 0.25) is 5.91 Å². The highest BCUT2D eigenvalue weighted by Crippen LogP contribution is 2.24. The molecule has 1 aromatic heterocycles. The van der Waals surface area contributed by atoms with E-state index in [1.807, 2.05) is 66.9 Å². The van der Waals surface area contributed by atoms with E-state index in [4.69, 9.17) is 5.10 Å². The van der Waals surface area contributed by atoms with Crippen LogP contribution in [0.3, 0.4) is 0 Å². The Morgan fingerprint density at radius 2 is 1.63 bits per heavy atom. The smallest absolute Gasteiger partial charge is 0.222 e. The lowest BCUT2D eigenvalue weighted by Crippen LogP contribution is -2.29. The zero-order valence-corrected chi connectivity index (χ0v) is 15.0. The van der Waals surface area contributed by atoms with Gasteiger partial charge < -0.3 is 14.8 Å². The molecule has 0 fully saturated rings. The number of hydrogen-bond acceptors (Lipinski definition) is 4. The third-order valence-corrected chi connectivity index (χ3v) is 4.23. The summed E-state index contributed by atoms with van der Waals surface area (Å²) in [5, 5.41) is 15.3. The molecule has 3 aromatic rings. The summed E-state index contributed by atoms with van der Waals surface area (Å²) in [4.78, 5) is 24.3. The average molecular weight is 362 g/mol. The first-order valence-corrected chi connectivity index (χ1v) is 8.68. The lowest BCUT2D eigenvalue weighted by molar-refractivity contribution is -0.305. The zero-order chi connectivity index (χ0) is 19.2. The van der Waals surface area contributed by atoms with E-state index in [1.165, 1.54) is 4.90 Å². The summed E-state index contributed by atoms with van der Waals surface area (Å²) >= 11 is 0. The molecule has 1 heterocycles. The standard InChI is InChI=1S/C21H21N3O3/c1-23(19(25)12-13-20(26)27)14-17-15-24(18-10-6-3-7-11-18)22-21(17)16-8-4-2-5-9-16/h2-11,15H,12-14H2,1H3,(H,26,27)/p-1. The van der Waals surface area contributed by atoms with Crippen molar-refractivity contribution in [2.45, 2.75) is 19.4 Å². The van der Waals surface area contributed by atoms with Gasteiger partial charge in [0.1, 0.15) is 0 Å². The highest BCUT2D eigenvalue weighted by molar-refractivity contribution is 5.80. The molecule has 0 radical (unpaired) electrons. The van der Waals surface area contributed by atoms with Crippen LogP contribution < -0.4 is 5.11 Å². The molecule has 1 amide bonds. The van der Waals surface area contributed by atoms with Crippen LogP contribution in [0.2, 0.25) is 0 Å². The molecule has 2 aromatic carbocycles. The largest absolute Gasteiger partial charge is 0.550 e. The molecule has 3 rings (SSSR count). The SMILES string of the molecule is CN(Cc1cn(-c2ccccc2)nc1-c1ccccc1)C(=O)CCC(=O)[O-]. The monoisotopic (exact) mass is 362 g/mol. The molecular weight excluding hydrogens is 342 g/mol. The van der Waals surface area contributed by atoms with Crippen LogP contribution in [0, 0.1) is 0 Å². The van der Waals surface area contributed by atoms with Gasteiger partial charge in [-0.2, -0.15) is 5.10 Å². The highest BCUT2D eigenvalue weighted by Gasteiger charge is 2.16. The van der Waals surface area contributed by atoms with E-state index >= 15 is 0 Å². The molecule has 0 bridgehead atoms. The van der Waals surface area contributed by atoms with Gasteiger partial charge in [-0.15, -0.1) is 0 Å². The van der Waals surface area contributed by atoms with Gasteiger partial charge in [-0.3, -0.25) is 4.79 Å². The third-order valence-electron chi connectivity index (χ3n) is 4.23. The Kier molecular flexibility index (Phi) is 5.66.